The number of ketones is 1. The zero-order chi connectivity index (χ0) is 14.8. The van der Waals surface area contributed by atoms with E-state index in [1.165, 1.54) is 0 Å². The quantitative estimate of drug-likeness (QED) is 0.286. The maximum absolute atomic E-state index is 11.1. The normalized spacial score (nSPS) is 10.3. The standard InChI is InChI=1S/C11H18BrClO.2C2H6/c1-2-10(5-3-4-8-13)6-7-11(14)9-12;2*1-2/h2,10H,1,3-9H2;2*1-2H3/t10-;;/m0../s1. The van der Waals surface area contributed by atoms with Crippen molar-refractivity contribution in [1.82, 2.24) is 0 Å². The summed E-state index contributed by atoms with van der Waals surface area (Å²) in [5.74, 6) is 1.47. The summed E-state index contributed by atoms with van der Waals surface area (Å²) in [4.78, 5) is 11.1. The van der Waals surface area contributed by atoms with Crippen molar-refractivity contribution in [1.29, 1.82) is 0 Å². The fourth-order valence-electron chi connectivity index (χ4n) is 1.29. The topological polar surface area (TPSA) is 17.1 Å². The lowest BCUT2D eigenvalue weighted by molar-refractivity contribution is -0.116. The van der Waals surface area contributed by atoms with Crippen molar-refractivity contribution in [3.63, 3.8) is 0 Å². The third-order valence-corrected chi connectivity index (χ3v) is 3.13. The minimum Gasteiger partial charge on any atom is -0.299 e. The number of alkyl halides is 2. The highest BCUT2D eigenvalue weighted by Crippen LogP contribution is 2.16. The van der Waals surface area contributed by atoms with Crippen LogP contribution in [0.4, 0.5) is 0 Å². The Hall–Kier alpha value is 0.180. The number of unbranched alkanes of at least 4 members (excludes halogenated alkanes) is 1. The van der Waals surface area contributed by atoms with E-state index >= 15 is 0 Å². The Morgan fingerprint density at radius 1 is 1.22 bits per heavy atom. The first kappa shape index (κ1) is 23.3. The molecule has 0 aromatic carbocycles. The summed E-state index contributed by atoms with van der Waals surface area (Å²) in [5, 5.41) is 0.471. The number of halogens is 2. The van der Waals surface area contributed by atoms with Gasteiger partial charge in [-0.1, -0.05) is 56.1 Å². The van der Waals surface area contributed by atoms with Gasteiger partial charge in [-0.3, -0.25) is 4.79 Å². The van der Waals surface area contributed by atoms with E-state index in [9.17, 15) is 4.79 Å². The summed E-state index contributed by atoms with van der Waals surface area (Å²) in [6.45, 7) is 11.8. The van der Waals surface area contributed by atoms with E-state index in [0.29, 0.717) is 17.7 Å². The van der Waals surface area contributed by atoms with E-state index in [-0.39, 0.29) is 5.78 Å². The number of hydrogen-bond donors (Lipinski definition) is 0. The Bertz CT molecular complexity index is 172. The molecular weight excluding hydrogens is 312 g/mol. The lowest BCUT2D eigenvalue weighted by Crippen LogP contribution is -2.04. The zero-order valence-corrected chi connectivity index (χ0v) is 14.8. The summed E-state index contributed by atoms with van der Waals surface area (Å²) in [6, 6.07) is 0. The van der Waals surface area contributed by atoms with Crippen molar-refractivity contribution in [3.8, 4) is 0 Å². The molecule has 0 saturated heterocycles. The van der Waals surface area contributed by atoms with Crippen molar-refractivity contribution in [2.45, 2.75) is 59.8 Å². The first-order valence-corrected chi connectivity index (χ1v) is 8.66. The van der Waals surface area contributed by atoms with Crippen LogP contribution in [0.3, 0.4) is 0 Å². The zero-order valence-electron chi connectivity index (χ0n) is 12.5. The van der Waals surface area contributed by atoms with Crippen LogP contribution in [0.25, 0.3) is 0 Å². The summed E-state index contributed by atoms with van der Waals surface area (Å²) in [6.07, 6.45) is 6.82. The SMILES string of the molecule is C=C[C@@H](CCCCCl)CCC(=O)CBr.CC.CC. The maximum atomic E-state index is 11.1. The van der Waals surface area contributed by atoms with Gasteiger partial charge in [0.25, 0.3) is 0 Å². The van der Waals surface area contributed by atoms with Crippen molar-refractivity contribution >= 4 is 33.3 Å². The molecule has 0 saturated carbocycles. The molecule has 0 N–H and O–H groups in total. The van der Waals surface area contributed by atoms with Crippen LogP contribution in [0, 0.1) is 5.92 Å². The van der Waals surface area contributed by atoms with Gasteiger partial charge in [0, 0.05) is 12.3 Å². The molecule has 1 nitrogen and oxygen atoms in total. The Balaban J connectivity index is -0.000000506. The van der Waals surface area contributed by atoms with E-state index in [4.69, 9.17) is 11.6 Å². The molecule has 3 heteroatoms. The number of Topliss-reactive ketones (excluding diaryl/α,β-unsaturated/α-hetero) is 1. The summed E-state index contributed by atoms with van der Waals surface area (Å²) >= 11 is 8.75. The minimum absolute atomic E-state index is 0.272. The van der Waals surface area contributed by atoms with E-state index in [1.54, 1.807) is 0 Å². The highest BCUT2D eigenvalue weighted by Gasteiger charge is 2.06. The molecule has 0 aromatic rings. The third kappa shape index (κ3) is 18.5. The lowest BCUT2D eigenvalue weighted by atomic mass is 9.96. The van der Waals surface area contributed by atoms with Gasteiger partial charge in [-0.05, 0) is 25.2 Å². The molecule has 1 atom stereocenters. The predicted molar refractivity (Wildman–Crippen MR) is 89.0 cm³/mol. The Morgan fingerprint density at radius 2 is 1.78 bits per heavy atom. The first-order valence-electron chi connectivity index (χ1n) is 7.00. The van der Waals surface area contributed by atoms with Crippen molar-refractivity contribution in [3.05, 3.63) is 12.7 Å². The second kappa shape index (κ2) is 22.4. The molecule has 18 heavy (non-hydrogen) atoms. The second-order valence-electron chi connectivity index (χ2n) is 3.39. The second-order valence-corrected chi connectivity index (χ2v) is 4.33. The van der Waals surface area contributed by atoms with Gasteiger partial charge in [0.05, 0.1) is 5.33 Å². The summed E-state index contributed by atoms with van der Waals surface area (Å²) in [7, 11) is 0. The van der Waals surface area contributed by atoms with Crippen LogP contribution in [0.15, 0.2) is 12.7 Å². The van der Waals surface area contributed by atoms with Gasteiger partial charge in [-0.25, -0.2) is 0 Å². The Morgan fingerprint density at radius 3 is 2.17 bits per heavy atom. The monoisotopic (exact) mass is 340 g/mol. The smallest absolute Gasteiger partial charge is 0.143 e. The van der Waals surface area contributed by atoms with Gasteiger partial charge in [-0.2, -0.15) is 0 Å². The van der Waals surface area contributed by atoms with E-state index < -0.39 is 0 Å². The molecule has 110 valence electrons. The highest BCUT2D eigenvalue weighted by atomic mass is 79.9. The molecule has 0 spiro atoms. The van der Waals surface area contributed by atoms with Crippen molar-refractivity contribution in [2.24, 2.45) is 5.92 Å². The summed E-state index contributed by atoms with van der Waals surface area (Å²) in [5.41, 5.74) is 0. The van der Waals surface area contributed by atoms with E-state index in [2.05, 4.69) is 22.5 Å². The largest absolute Gasteiger partial charge is 0.299 e. The van der Waals surface area contributed by atoms with Gasteiger partial charge in [0.2, 0.25) is 0 Å². The highest BCUT2D eigenvalue weighted by molar-refractivity contribution is 9.09. The molecular formula is C15H30BrClO. The average Bonchev–Trinajstić information content (AvgIpc) is 2.46. The maximum Gasteiger partial charge on any atom is 0.143 e. The van der Waals surface area contributed by atoms with Crippen LogP contribution < -0.4 is 0 Å². The molecule has 0 rings (SSSR count). The fourth-order valence-corrected chi connectivity index (χ4v) is 1.76. The summed E-state index contributed by atoms with van der Waals surface area (Å²) < 4.78 is 0. The molecule has 0 aromatic heterocycles. The molecule has 0 aliphatic carbocycles. The van der Waals surface area contributed by atoms with Crippen LogP contribution in [0.5, 0.6) is 0 Å². The number of hydrogen-bond acceptors (Lipinski definition) is 1. The molecule has 0 fully saturated rings. The van der Waals surface area contributed by atoms with Crippen LogP contribution >= 0.6 is 27.5 Å². The molecule has 0 bridgehead atoms. The molecule has 0 radical (unpaired) electrons. The Labute approximate surface area is 128 Å². The van der Waals surface area contributed by atoms with Crippen LogP contribution in [0.1, 0.15) is 59.8 Å². The molecule has 0 heterocycles. The van der Waals surface area contributed by atoms with Gasteiger partial charge in [-0.15, -0.1) is 18.2 Å². The molecule has 0 unspecified atom stereocenters. The molecule has 0 aliphatic heterocycles. The van der Waals surface area contributed by atoms with Gasteiger partial charge >= 0.3 is 0 Å². The van der Waals surface area contributed by atoms with Crippen LogP contribution in [0.2, 0.25) is 0 Å². The van der Waals surface area contributed by atoms with E-state index in [0.717, 1.165) is 31.6 Å². The van der Waals surface area contributed by atoms with Crippen LogP contribution in [-0.4, -0.2) is 17.0 Å². The van der Waals surface area contributed by atoms with E-state index in [1.807, 2.05) is 33.8 Å². The minimum atomic E-state index is 0.272. The number of allylic oxidation sites excluding steroid dienone is 1. The predicted octanol–water partition coefficient (Wildman–Crippen LogP) is 5.99. The number of carbonyl (C=O) groups excluding carboxylic acids is 1. The van der Waals surface area contributed by atoms with Gasteiger partial charge in [0.15, 0.2) is 0 Å². The van der Waals surface area contributed by atoms with Crippen molar-refractivity contribution < 1.29 is 4.79 Å². The van der Waals surface area contributed by atoms with Crippen LogP contribution in [-0.2, 0) is 4.79 Å². The lowest BCUT2D eigenvalue weighted by Gasteiger charge is -2.10. The fraction of sp³-hybridized carbons (Fsp3) is 0.800. The van der Waals surface area contributed by atoms with Gasteiger partial charge in [0.1, 0.15) is 5.78 Å². The Kier molecular flexibility index (Phi) is 28.9. The van der Waals surface area contributed by atoms with Gasteiger partial charge < -0.3 is 0 Å². The number of carbonyl (C=O) groups is 1. The average molecular weight is 342 g/mol. The molecule has 0 amide bonds. The molecule has 0 aliphatic rings. The first-order chi connectivity index (χ1) is 8.74. The third-order valence-electron chi connectivity index (χ3n) is 2.23. The van der Waals surface area contributed by atoms with Crippen molar-refractivity contribution in [2.75, 3.05) is 11.2 Å². The number of rotatable bonds is 9.